The standard InChI is InChI=1S/C10H7BrClN3O2S/c11-7-4-9(10(12)14-5-7)18(16,17)15-8-2-1-3-13-6-8/h1-6,15H. The number of pyridine rings is 2. The van der Waals surface area contributed by atoms with Crippen molar-refractivity contribution >= 4 is 43.2 Å². The van der Waals surface area contributed by atoms with E-state index in [1.807, 2.05) is 0 Å². The Morgan fingerprint density at radius 2 is 2.11 bits per heavy atom. The maximum Gasteiger partial charge on any atom is 0.265 e. The molecule has 0 spiro atoms. The summed E-state index contributed by atoms with van der Waals surface area (Å²) in [6, 6.07) is 4.59. The van der Waals surface area contributed by atoms with E-state index < -0.39 is 10.0 Å². The molecule has 0 saturated carbocycles. The fourth-order valence-corrected chi connectivity index (χ4v) is 3.21. The lowest BCUT2D eigenvalue weighted by molar-refractivity contribution is 0.601. The summed E-state index contributed by atoms with van der Waals surface area (Å²) >= 11 is 8.93. The van der Waals surface area contributed by atoms with Crippen molar-refractivity contribution in [2.75, 3.05) is 4.72 Å². The number of halogens is 2. The third-order valence-electron chi connectivity index (χ3n) is 1.98. The maximum atomic E-state index is 12.1. The summed E-state index contributed by atoms with van der Waals surface area (Å²) in [6.45, 7) is 0. The number of sulfonamides is 1. The molecule has 5 nitrogen and oxygen atoms in total. The van der Waals surface area contributed by atoms with Gasteiger partial charge in [-0.2, -0.15) is 0 Å². The molecular weight excluding hydrogens is 342 g/mol. The molecule has 2 rings (SSSR count). The lowest BCUT2D eigenvalue weighted by Gasteiger charge is -2.08. The number of anilines is 1. The highest BCUT2D eigenvalue weighted by Gasteiger charge is 2.19. The SMILES string of the molecule is O=S(=O)(Nc1cccnc1)c1cc(Br)cnc1Cl. The fourth-order valence-electron chi connectivity index (χ4n) is 1.23. The van der Waals surface area contributed by atoms with Crippen LogP contribution in [-0.2, 0) is 10.0 Å². The molecule has 0 amide bonds. The van der Waals surface area contributed by atoms with Gasteiger partial charge in [-0.25, -0.2) is 13.4 Å². The van der Waals surface area contributed by atoms with Crippen LogP contribution in [0.15, 0.2) is 46.2 Å². The second kappa shape index (κ2) is 5.21. The highest BCUT2D eigenvalue weighted by Crippen LogP contribution is 2.24. The number of hydrogen-bond acceptors (Lipinski definition) is 4. The Morgan fingerprint density at radius 1 is 1.33 bits per heavy atom. The van der Waals surface area contributed by atoms with Gasteiger partial charge in [0.1, 0.15) is 10.0 Å². The molecule has 0 aliphatic carbocycles. The first-order chi connectivity index (χ1) is 8.49. The molecule has 1 N–H and O–H groups in total. The molecule has 0 aliphatic rings. The predicted molar refractivity (Wildman–Crippen MR) is 72.0 cm³/mol. The number of nitrogens with one attached hydrogen (secondary N) is 1. The van der Waals surface area contributed by atoms with Crippen LogP contribution in [0.1, 0.15) is 0 Å². The largest absolute Gasteiger partial charge is 0.278 e. The lowest BCUT2D eigenvalue weighted by atomic mass is 10.4. The normalized spacial score (nSPS) is 11.2. The van der Waals surface area contributed by atoms with E-state index in [-0.39, 0.29) is 10.0 Å². The summed E-state index contributed by atoms with van der Waals surface area (Å²) in [5.74, 6) is 0. The van der Waals surface area contributed by atoms with E-state index >= 15 is 0 Å². The molecule has 94 valence electrons. The number of hydrogen-bond donors (Lipinski definition) is 1. The van der Waals surface area contributed by atoms with E-state index in [1.165, 1.54) is 18.5 Å². The first kappa shape index (κ1) is 13.3. The molecule has 0 aliphatic heterocycles. The quantitative estimate of drug-likeness (QED) is 0.866. The Labute approximate surface area is 117 Å². The van der Waals surface area contributed by atoms with Crippen molar-refractivity contribution in [2.45, 2.75) is 4.90 Å². The summed E-state index contributed by atoms with van der Waals surface area (Å²) in [7, 11) is -3.78. The van der Waals surface area contributed by atoms with Gasteiger partial charge in [-0.1, -0.05) is 11.6 Å². The van der Waals surface area contributed by atoms with Gasteiger partial charge in [-0.3, -0.25) is 9.71 Å². The van der Waals surface area contributed by atoms with Gasteiger partial charge in [-0.15, -0.1) is 0 Å². The molecule has 8 heteroatoms. The first-order valence-electron chi connectivity index (χ1n) is 4.73. The highest BCUT2D eigenvalue weighted by molar-refractivity contribution is 9.10. The molecule has 0 unspecified atom stereocenters. The Balaban J connectivity index is 2.40. The van der Waals surface area contributed by atoms with Crippen molar-refractivity contribution in [1.29, 1.82) is 0 Å². The molecule has 2 heterocycles. The topological polar surface area (TPSA) is 72.0 Å². The summed E-state index contributed by atoms with van der Waals surface area (Å²) in [4.78, 5) is 7.49. The minimum atomic E-state index is -3.78. The van der Waals surface area contributed by atoms with Crippen LogP contribution in [0.25, 0.3) is 0 Å². The third kappa shape index (κ3) is 2.98. The fraction of sp³-hybridized carbons (Fsp3) is 0. The number of aromatic nitrogens is 2. The molecule has 0 bridgehead atoms. The van der Waals surface area contributed by atoms with E-state index in [2.05, 4.69) is 30.6 Å². The van der Waals surface area contributed by atoms with Gasteiger partial charge in [-0.05, 0) is 34.1 Å². The van der Waals surface area contributed by atoms with Crippen molar-refractivity contribution in [1.82, 2.24) is 9.97 Å². The van der Waals surface area contributed by atoms with Crippen LogP contribution in [0.2, 0.25) is 5.15 Å². The molecular formula is C10H7BrClN3O2S. The van der Waals surface area contributed by atoms with Crippen molar-refractivity contribution in [2.24, 2.45) is 0 Å². The number of rotatable bonds is 3. The zero-order valence-electron chi connectivity index (χ0n) is 8.84. The van der Waals surface area contributed by atoms with Crippen LogP contribution in [0.5, 0.6) is 0 Å². The van der Waals surface area contributed by atoms with Crippen molar-refractivity contribution in [3.63, 3.8) is 0 Å². The molecule has 0 fully saturated rings. The van der Waals surface area contributed by atoms with Crippen LogP contribution < -0.4 is 4.72 Å². The molecule has 18 heavy (non-hydrogen) atoms. The molecule has 2 aromatic rings. The molecule has 0 atom stereocenters. The maximum absolute atomic E-state index is 12.1. The summed E-state index contributed by atoms with van der Waals surface area (Å²) < 4.78 is 27.1. The lowest BCUT2D eigenvalue weighted by Crippen LogP contribution is -2.14. The zero-order chi connectivity index (χ0) is 13.2. The summed E-state index contributed by atoms with van der Waals surface area (Å²) in [5, 5.41) is -0.0883. The minimum absolute atomic E-state index is 0.0883. The van der Waals surface area contributed by atoms with Gasteiger partial charge in [0.2, 0.25) is 0 Å². The number of nitrogens with zero attached hydrogens (tertiary/aromatic N) is 2. The Morgan fingerprint density at radius 3 is 2.78 bits per heavy atom. The van der Waals surface area contributed by atoms with Gasteiger partial charge in [0.25, 0.3) is 10.0 Å². The van der Waals surface area contributed by atoms with Gasteiger partial charge in [0.05, 0.1) is 11.9 Å². The molecule has 0 radical (unpaired) electrons. The zero-order valence-corrected chi connectivity index (χ0v) is 12.0. The van der Waals surface area contributed by atoms with Gasteiger partial charge >= 0.3 is 0 Å². The van der Waals surface area contributed by atoms with Crippen LogP contribution in [0.4, 0.5) is 5.69 Å². The molecule has 0 saturated heterocycles. The smallest absolute Gasteiger partial charge is 0.265 e. The Bertz CT molecular complexity index is 664. The first-order valence-corrected chi connectivity index (χ1v) is 7.38. The van der Waals surface area contributed by atoms with E-state index in [9.17, 15) is 8.42 Å². The van der Waals surface area contributed by atoms with Crippen LogP contribution >= 0.6 is 27.5 Å². The van der Waals surface area contributed by atoms with Gasteiger partial charge in [0, 0.05) is 16.9 Å². The van der Waals surface area contributed by atoms with E-state index in [0.717, 1.165) is 0 Å². The van der Waals surface area contributed by atoms with E-state index in [4.69, 9.17) is 11.6 Å². The second-order valence-electron chi connectivity index (χ2n) is 3.29. The van der Waals surface area contributed by atoms with Crippen LogP contribution in [0, 0.1) is 0 Å². The minimum Gasteiger partial charge on any atom is -0.278 e. The average Bonchev–Trinajstić information content (AvgIpc) is 2.33. The summed E-state index contributed by atoms with van der Waals surface area (Å²) in [5.41, 5.74) is 0.355. The van der Waals surface area contributed by atoms with Gasteiger partial charge < -0.3 is 0 Å². The average molecular weight is 349 g/mol. The Hall–Kier alpha value is -1.18. The Kier molecular flexibility index (Phi) is 3.84. The van der Waals surface area contributed by atoms with Crippen molar-refractivity contribution in [3.8, 4) is 0 Å². The van der Waals surface area contributed by atoms with Crippen LogP contribution in [-0.4, -0.2) is 18.4 Å². The highest BCUT2D eigenvalue weighted by atomic mass is 79.9. The van der Waals surface area contributed by atoms with Gasteiger partial charge in [0.15, 0.2) is 0 Å². The molecule has 2 aromatic heterocycles. The van der Waals surface area contributed by atoms with E-state index in [0.29, 0.717) is 10.2 Å². The van der Waals surface area contributed by atoms with Crippen molar-refractivity contribution < 1.29 is 8.42 Å². The van der Waals surface area contributed by atoms with Crippen LogP contribution in [0.3, 0.4) is 0 Å². The predicted octanol–water partition coefficient (Wildman–Crippen LogP) is 2.69. The monoisotopic (exact) mass is 347 g/mol. The summed E-state index contributed by atoms with van der Waals surface area (Å²) in [6.07, 6.45) is 4.37. The second-order valence-corrected chi connectivity index (χ2v) is 6.21. The molecule has 0 aromatic carbocycles. The van der Waals surface area contributed by atoms with E-state index in [1.54, 1.807) is 18.3 Å². The third-order valence-corrected chi connectivity index (χ3v) is 4.22. The van der Waals surface area contributed by atoms with Crippen molar-refractivity contribution in [3.05, 3.63) is 46.4 Å².